The average Bonchev–Trinajstić information content (AvgIpc) is 2.61. The summed E-state index contributed by atoms with van der Waals surface area (Å²) in [5.74, 6) is 0.755. The van der Waals surface area contributed by atoms with E-state index in [9.17, 15) is 13.2 Å². The summed E-state index contributed by atoms with van der Waals surface area (Å²) in [6.07, 6.45) is -2.78. The molecule has 2 aromatic rings. The minimum absolute atomic E-state index is 0.0189. The molecule has 1 saturated heterocycles. The van der Waals surface area contributed by atoms with E-state index in [0.717, 1.165) is 44.1 Å². The van der Waals surface area contributed by atoms with Crippen molar-refractivity contribution in [1.82, 2.24) is 15.3 Å². The number of rotatable bonds is 4. The molecule has 24 heavy (non-hydrogen) atoms. The summed E-state index contributed by atoms with van der Waals surface area (Å²) in [6, 6.07) is 6.99. The van der Waals surface area contributed by atoms with E-state index in [1.54, 1.807) is 18.3 Å². The van der Waals surface area contributed by atoms with Gasteiger partial charge in [0.2, 0.25) is 0 Å². The first-order valence-corrected chi connectivity index (χ1v) is 7.60. The zero-order valence-corrected chi connectivity index (χ0v) is 12.9. The van der Waals surface area contributed by atoms with E-state index in [0.29, 0.717) is 5.56 Å². The average molecular weight is 338 g/mol. The van der Waals surface area contributed by atoms with E-state index in [4.69, 9.17) is 4.74 Å². The van der Waals surface area contributed by atoms with Crippen molar-refractivity contribution >= 4 is 5.82 Å². The van der Waals surface area contributed by atoms with Gasteiger partial charge >= 0.3 is 12.2 Å². The fourth-order valence-corrected chi connectivity index (χ4v) is 2.46. The molecule has 1 aromatic carbocycles. The third kappa shape index (κ3) is 4.14. The van der Waals surface area contributed by atoms with Crippen LogP contribution in [0.5, 0.6) is 6.01 Å². The van der Waals surface area contributed by atoms with Crippen LogP contribution in [0.1, 0.15) is 11.1 Å². The highest BCUT2D eigenvalue weighted by Crippen LogP contribution is 2.29. The second-order valence-electron chi connectivity index (χ2n) is 5.42. The molecular weight excluding hydrogens is 321 g/mol. The zero-order valence-electron chi connectivity index (χ0n) is 12.9. The number of halogens is 3. The van der Waals surface area contributed by atoms with Gasteiger partial charge in [0.25, 0.3) is 0 Å². The van der Waals surface area contributed by atoms with E-state index in [1.807, 2.05) is 0 Å². The lowest BCUT2D eigenvalue weighted by molar-refractivity contribution is -0.137. The molecule has 0 unspecified atom stereocenters. The van der Waals surface area contributed by atoms with Crippen molar-refractivity contribution in [2.75, 3.05) is 31.1 Å². The van der Waals surface area contributed by atoms with Crippen LogP contribution in [0, 0.1) is 0 Å². The highest BCUT2D eigenvalue weighted by molar-refractivity contribution is 5.39. The monoisotopic (exact) mass is 338 g/mol. The Balaban J connectivity index is 1.66. The van der Waals surface area contributed by atoms with Crippen LogP contribution in [0.3, 0.4) is 0 Å². The standard InChI is InChI=1S/C16H17F3N4O/c17-16(18,19)13-3-1-2-12(10-13)11-24-15-21-5-4-14(22-15)23-8-6-20-7-9-23/h1-5,10,20H,6-9,11H2. The fourth-order valence-electron chi connectivity index (χ4n) is 2.46. The third-order valence-corrected chi connectivity index (χ3v) is 3.68. The van der Waals surface area contributed by atoms with E-state index < -0.39 is 11.7 Å². The molecular formula is C16H17F3N4O. The third-order valence-electron chi connectivity index (χ3n) is 3.68. The molecule has 128 valence electrons. The highest BCUT2D eigenvalue weighted by Gasteiger charge is 2.30. The Morgan fingerprint density at radius 1 is 1.17 bits per heavy atom. The topological polar surface area (TPSA) is 50.3 Å². The Morgan fingerprint density at radius 3 is 2.71 bits per heavy atom. The smallest absolute Gasteiger partial charge is 0.416 e. The molecule has 0 radical (unpaired) electrons. The van der Waals surface area contributed by atoms with E-state index in [1.165, 1.54) is 6.07 Å². The Hall–Kier alpha value is -2.35. The first kappa shape index (κ1) is 16.5. The number of aromatic nitrogens is 2. The summed E-state index contributed by atoms with van der Waals surface area (Å²) in [4.78, 5) is 10.5. The molecule has 1 aromatic heterocycles. The predicted molar refractivity (Wildman–Crippen MR) is 82.9 cm³/mol. The number of anilines is 1. The molecule has 1 N–H and O–H groups in total. The molecule has 0 bridgehead atoms. The molecule has 3 rings (SSSR count). The van der Waals surface area contributed by atoms with Crippen LogP contribution in [0.15, 0.2) is 36.5 Å². The van der Waals surface area contributed by atoms with Crippen LogP contribution in [0.2, 0.25) is 0 Å². The molecule has 0 saturated carbocycles. The van der Waals surface area contributed by atoms with Gasteiger partial charge in [0.05, 0.1) is 5.56 Å². The summed E-state index contributed by atoms with van der Waals surface area (Å²) >= 11 is 0. The Bertz CT molecular complexity index is 687. The van der Waals surface area contributed by atoms with Crippen molar-refractivity contribution in [3.8, 4) is 6.01 Å². The molecule has 5 nitrogen and oxygen atoms in total. The van der Waals surface area contributed by atoms with Gasteiger partial charge in [-0.05, 0) is 23.8 Å². The zero-order chi connectivity index (χ0) is 17.0. The minimum Gasteiger partial charge on any atom is -0.459 e. The number of benzene rings is 1. The lowest BCUT2D eigenvalue weighted by Gasteiger charge is -2.28. The molecule has 1 aliphatic rings. The number of ether oxygens (including phenoxy) is 1. The molecule has 2 heterocycles. The highest BCUT2D eigenvalue weighted by atomic mass is 19.4. The summed E-state index contributed by atoms with van der Waals surface area (Å²) in [7, 11) is 0. The number of alkyl halides is 3. The van der Waals surface area contributed by atoms with E-state index in [2.05, 4.69) is 20.2 Å². The quantitative estimate of drug-likeness (QED) is 0.928. The second-order valence-corrected chi connectivity index (χ2v) is 5.42. The van der Waals surface area contributed by atoms with Crippen LogP contribution < -0.4 is 15.0 Å². The normalized spacial score (nSPS) is 15.4. The van der Waals surface area contributed by atoms with Gasteiger partial charge in [0.1, 0.15) is 12.4 Å². The first-order chi connectivity index (χ1) is 11.5. The van der Waals surface area contributed by atoms with Crippen molar-refractivity contribution < 1.29 is 17.9 Å². The largest absolute Gasteiger partial charge is 0.459 e. The summed E-state index contributed by atoms with van der Waals surface area (Å²) in [5.41, 5.74) is -0.278. The van der Waals surface area contributed by atoms with Crippen molar-refractivity contribution in [3.63, 3.8) is 0 Å². The van der Waals surface area contributed by atoms with E-state index >= 15 is 0 Å². The number of nitrogens with zero attached hydrogens (tertiary/aromatic N) is 3. The summed E-state index contributed by atoms with van der Waals surface area (Å²) in [6.45, 7) is 3.41. The van der Waals surface area contributed by atoms with Gasteiger partial charge in [-0.1, -0.05) is 12.1 Å². The van der Waals surface area contributed by atoms with Crippen molar-refractivity contribution in [3.05, 3.63) is 47.7 Å². The molecule has 0 amide bonds. The SMILES string of the molecule is FC(F)(F)c1cccc(COc2nccc(N3CCNCC3)n2)c1. The van der Waals surface area contributed by atoms with Gasteiger partial charge in [-0.2, -0.15) is 18.2 Å². The van der Waals surface area contributed by atoms with Crippen LogP contribution in [-0.2, 0) is 12.8 Å². The van der Waals surface area contributed by atoms with Crippen LogP contribution in [0.25, 0.3) is 0 Å². The van der Waals surface area contributed by atoms with Gasteiger partial charge in [0, 0.05) is 32.4 Å². The number of nitrogens with one attached hydrogen (secondary N) is 1. The lowest BCUT2D eigenvalue weighted by Crippen LogP contribution is -2.43. The number of hydrogen-bond donors (Lipinski definition) is 1. The maximum absolute atomic E-state index is 12.7. The van der Waals surface area contributed by atoms with Crippen LogP contribution in [-0.4, -0.2) is 36.1 Å². The predicted octanol–water partition coefficient (Wildman–Crippen LogP) is 2.48. The first-order valence-electron chi connectivity index (χ1n) is 7.60. The molecule has 0 spiro atoms. The Morgan fingerprint density at radius 2 is 1.96 bits per heavy atom. The Kier molecular flexibility index (Phi) is 4.84. The maximum Gasteiger partial charge on any atom is 0.416 e. The number of piperazine rings is 1. The van der Waals surface area contributed by atoms with Gasteiger partial charge < -0.3 is 15.0 Å². The molecule has 0 aliphatic carbocycles. The van der Waals surface area contributed by atoms with Crippen LogP contribution in [0.4, 0.5) is 19.0 Å². The van der Waals surface area contributed by atoms with Crippen molar-refractivity contribution in [2.24, 2.45) is 0 Å². The van der Waals surface area contributed by atoms with Gasteiger partial charge in [-0.3, -0.25) is 0 Å². The van der Waals surface area contributed by atoms with Crippen molar-refractivity contribution in [1.29, 1.82) is 0 Å². The maximum atomic E-state index is 12.7. The Labute approximate surface area is 137 Å². The summed E-state index contributed by atoms with van der Waals surface area (Å²) < 4.78 is 43.6. The fraction of sp³-hybridized carbons (Fsp3) is 0.375. The molecule has 8 heteroatoms. The summed E-state index contributed by atoms with van der Waals surface area (Å²) in [5, 5.41) is 3.25. The van der Waals surface area contributed by atoms with Gasteiger partial charge in [0.15, 0.2) is 0 Å². The molecule has 0 atom stereocenters. The van der Waals surface area contributed by atoms with Crippen LogP contribution >= 0.6 is 0 Å². The lowest BCUT2D eigenvalue weighted by atomic mass is 10.1. The number of hydrogen-bond acceptors (Lipinski definition) is 5. The van der Waals surface area contributed by atoms with Gasteiger partial charge in [-0.15, -0.1) is 0 Å². The van der Waals surface area contributed by atoms with E-state index in [-0.39, 0.29) is 12.6 Å². The second kappa shape index (κ2) is 7.04. The minimum atomic E-state index is -4.37. The van der Waals surface area contributed by atoms with Gasteiger partial charge in [-0.25, -0.2) is 4.98 Å². The molecule has 1 fully saturated rings. The molecule has 1 aliphatic heterocycles. The van der Waals surface area contributed by atoms with Crippen molar-refractivity contribution in [2.45, 2.75) is 12.8 Å².